The fraction of sp³-hybridized carbons (Fsp3) is 0.444. The molecule has 0 aliphatic heterocycles. The third kappa shape index (κ3) is 5.38. The molecule has 0 heterocycles. The van der Waals surface area contributed by atoms with Crippen molar-refractivity contribution in [3.05, 3.63) is 25.3 Å². The van der Waals surface area contributed by atoms with E-state index < -0.39 is 42.4 Å². The van der Waals surface area contributed by atoms with Crippen LogP contribution in [0.4, 0.5) is 17.6 Å². The van der Waals surface area contributed by atoms with E-state index in [1.54, 1.807) is 0 Å². The van der Waals surface area contributed by atoms with Crippen LogP contribution in [0.2, 0.25) is 0 Å². The second-order valence-electron chi connectivity index (χ2n) is 3.17. The minimum Gasteiger partial charge on any atom is -0.750 e. The van der Waals surface area contributed by atoms with Gasteiger partial charge in [0.25, 0.3) is 5.91 Å². The maximum Gasteiger partial charge on any atom is 1.00 e. The molecule has 11 heteroatoms. The van der Waals surface area contributed by atoms with Crippen LogP contribution in [-0.4, -0.2) is 44.7 Å². The zero-order valence-electron chi connectivity index (χ0n) is 10.5. The van der Waals surface area contributed by atoms with Crippen molar-refractivity contribution in [1.29, 1.82) is 0 Å². The van der Waals surface area contributed by atoms with Crippen molar-refractivity contribution in [1.82, 2.24) is 4.90 Å². The van der Waals surface area contributed by atoms with Gasteiger partial charge in [-0.3, -0.25) is 4.79 Å². The number of halogens is 4. The number of hydrogen-bond donors (Lipinski definition) is 0. The summed E-state index contributed by atoms with van der Waals surface area (Å²) in [6.07, 6.45) is -3.79. The smallest absolute Gasteiger partial charge is 0.750 e. The first-order valence-electron chi connectivity index (χ1n) is 4.65. The van der Waals surface area contributed by atoms with Crippen LogP contribution in [0.3, 0.4) is 0 Å². The van der Waals surface area contributed by atoms with Crippen molar-refractivity contribution >= 4 is 17.3 Å². The average Bonchev–Trinajstić information content (AvgIpc) is 2.25. The predicted molar refractivity (Wildman–Crippen MR) is 56.9 cm³/mol. The SMILES string of the molecule is C=CCN(CC=C)C(=O)C(F)(OS(=O)[O-])C(F)(F)F.[Li+]. The van der Waals surface area contributed by atoms with E-state index in [9.17, 15) is 31.1 Å². The average molecular weight is 311 g/mol. The van der Waals surface area contributed by atoms with E-state index in [1.165, 1.54) is 0 Å². The molecule has 5 nitrogen and oxygen atoms in total. The van der Waals surface area contributed by atoms with E-state index >= 15 is 0 Å². The Morgan fingerprint density at radius 1 is 1.25 bits per heavy atom. The molecule has 0 rings (SSSR count). The Bertz CT molecular complexity index is 383. The van der Waals surface area contributed by atoms with Gasteiger partial charge in [0.15, 0.2) is 0 Å². The van der Waals surface area contributed by atoms with Crippen LogP contribution in [0.15, 0.2) is 25.3 Å². The van der Waals surface area contributed by atoms with Gasteiger partial charge in [-0.05, 0) is 0 Å². The van der Waals surface area contributed by atoms with Crippen molar-refractivity contribution in [3.63, 3.8) is 0 Å². The molecule has 2 unspecified atom stereocenters. The molecular formula is C9H10F4LiNO4S. The van der Waals surface area contributed by atoms with Crippen LogP contribution in [0.5, 0.6) is 0 Å². The molecule has 110 valence electrons. The molecule has 2 atom stereocenters. The number of nitrogens with zero attached hydrogens (tertiary/aromatic N) is 1. The van der Waals surface area contributed by atoms with Crippen molar-refractivity contribution in [2.24, 2.45) is 0 Å². The molecule has 0 spiro atoms. The first-order valence-corrected chi connectivity index (χ1v) is 5.65. The number of carbonyl (C=O) groups is 1. The topological polar surface area (TPSA) is 69.7 Å². The van der Waals surface area contributed by atoms with Gasteiger partial charge in [0.05, 0.1) is 11.4 Å². The van der Waals surface area contributed by atoms with Crippen molar-refractivity contribution in [2.75, 3.05) is 13.1 Å². The molecular weight excluding hydrogens is 301 g/mol. The van der Waals surface area contributed by atoms with Crippen molar-refractivity contribution in [3.8, 4) is 0 Å². The fourth-order valence-electron chi connectivity index (χ4n) is 1.05. The third-order valence-electron chi connectivity index (χ3n) is 1.81. The summed E-state index contributed by atoms with van der Waals surface area (Å²) in [4.78, 5) is 11.8. The minimum absolute atomic E-state index is 0. The van der Waals surface area contributed by atoms with E-state index in [2.05, 4.69) is 17.3 Å². The van der Waals surface area contributed by atoms with E-state index in [4.69, 9.17) is 0 Å². The van der Waals surface area contributed by atoms with E-state index in [1.807, 2.05) is 0 Å². The zero-order valence-corrected chi connectivity index (χ0v) is 11.3. The summed E-state index contributed by atoms with van der Waals surface area (Å²) in [7, 11) is 0. The van der Waals surface area contributed by atoms with Gasteiger partial charge in [-0.25, -0.2) is 8.39 Å². The zero-order chi connectivity index (χ0) is 15.3. The monoisotopic (exact) mass is 311 g/mol. The molecule has 0 saturated heterocycles. The standard InChI is InChI=1S/C9H11F4NO4S.Li/c1-3-5-14(6-4-2)7(15)8(10,9(11,12)13)18-19(16)17;/h3-4H,1-2,5-6H2,(H,16,17);/q;+1/p-1. The summed E-state index contributed by atoms with van der Waals surface area (Å²) < 4.78 is 74.5. The summed E-state index contributed by atoms with van der Waals surface area (Å²) in [5.41, 5.74) is 0. The number of alkyl halides is 4. The molecule has 0 saturated carbocycles. The molecule has 0 fully saturated rings. The Labute approximate surface area is 127 Å². The minimum atomic E-state index is -5.86. The Balaban J connectivity index is 0. The number of hydrogen-bond acceptors (Lipinski definition) is 4. The normalized spacial score (nSPS) is 15.4. The Morgan fingerprint density at radius 3 is 1.90 bits per heavy atom. The summed E-state index contributed by atoms with van der Waals surface area (Å²) in [5, 5.41) is 0. The van der Waals surface area contributed by atoms with Crippen molar-refractivity contribution < 1.29 is 54.2 Å². The Morgan fingerprint density at radius 2 is 1.65 bits per heavy atom. The molecule has 0 aromatic carbocycles. The molecule has 0 bridgehead atoms. The maximum atomic E-state index is 13.6. The van der Waals surface area contributed by atoms with Crippen molar-refractivity contribution in [2.45, 2.75) is 12.0 Å². The second kappa shape index (κ2) is 8.59. The van der Waals surface area contributed by atoms with Crippen LogP contribution in [0, 0.1) is 0 Å². The van der Waals surface area contributed by atoms with E-state index in [-0.39, 0.29) is 18.9 Å². The van der Waals surface area contributed by atoms with Crippen LogP contribution < -0.4 is 18.9 Å². The molecule has 0 aliphatic rings. The fourth-order valence-corrected chi connectivity index (χ4v) is 1.41. The molecule has 20 heavy (non-hydrogen) atoms. The van der Waals surface area contributed by atoms with E-state index in [0.717, 1.165) is 12.2 Å². The quantitative estimate of drug-likeness (QED) is 0.241. The summed E-state index contributed by atoms with van der Waals surface area (Å²) in [6, 6.07) is 0. The second-order valence-corrected chi connectivity index (χ2v) is 3.74. The van der Waals surface area contributed by atoms with E-state index in [0.29, 0.717) is 4.90 Å². The van der Waals surface area contributed by atoms with Gasteiger partial charge in [0, 0.05) is 13.1 Å². The van der Waals surface area contributed by atoms with Gasteiger partial charge in [0.1, 0.15) is 0 Å². The first-order chi connectivity index (χ1) is 8.60. The predicted octanol–water partition coefficient (Wildman–Crippen LogP) is -1.77. The summed E-state index contributed by atoms with van der Waals surface area (Å²) >= 11 is -3.87. The molecule has 0 aromatic rings. The molecule has 1 amide bonds. The molecule has 0 N–H and O–H groups in total. The van der Waals surface area contributed by atoms with Crippen LogP contribution in [0.1, 0.15) is 0 Å². The largest absolute Gasteiger partial charge is 1.00 e. The maximum absolute atomic E-state index is 13.6. The first kappa shape index (κ1) is 21.6. The van der Waals surface area contributed by atoms with Gasteiger partial charge in [-0.2, -0.15) is 17.6 Å². The number of carbonyl (C=O) groups excluding carboxylic acids is 1. The number of rotatable bonds is 7. The van der Waals surface area contributed by atoms with Gasteiger partial charge in [-0.15, -0.1) is 13.2 Å². The third-order valence-corrected chi connectivity index (χ3v) is 2.17. The van der Waals surface area contributed by atoms with Crippen LogP contribution in [0.25, 0.3) is 0 Å². The van der Waals surface area contributed by atoms with Crippen LogP contribution >= 0.6 is 0 Å². The van der Waals surface area contributed by atoms with Gasteiger partial charge in [0.2, 0.25) is 0 Å². The molecule has 0 radical (unpaired) electrons. The van der Waals surface area contributed by atoms with Gasteiger partial charge >= 0.3 is 30.9 Å². The van der Waals surface area contributed by atoms with Crippen LogP contribution in [-0.2, 0) is 20.3 Å². The Kier molecular flexibility index (Phi) is 9.29. The van der Waals surface area contributed by atoms with Gasteiger partial charge in [-0.1, -0.05) is 12.2 Å². The summed E-state index contributed by atoms with van der Waals surface area (Å²) in [6.45, 7) is 5.47. The Hall–Kier alpha value is -0.663. The van der Waals surface area contributed by atoms with Gasteiger partial charge < -0.3 is 9.45 Å². The summed E-state index contributed by atoms with van der Waals surface area (Å²) in [5.74, 6) is -7.19. The number of amides is 1. The molecule has 0 aliphatic carbocycles. The molecule has 0 aromatic heterocycles.